The summed E-state index contributed by atoms with van der Waals surface area (Å²) < 4.78 is 10.8. The number of amides is 1. The van der Waals surface area contributed by atoms with Crippen LogP contribution in [0.25, 0.3) is 0 Å². The molecule has 0 aromatic carbocycles. The third-order valence-corrected chi connectivity index (χ3v) is 4.44. The largest absolute Gasteiger partial charge is 0.385 e. The van der Waals surface area contributed by atoms with Gasteiger partial charge >= 0.3 is 0 Å². The van der Waals surface area contributed by atoms with Crippen molar-refractivity contribution in [2.24, 2.45) is 11.7 Å². The number of carbonyl (C=O) groups is 1. The lowest BCUT2D eigenvalue weighted by Gasteiger charge is -2.39. The third kappa shape index (κ3) is 6.76. The Hall–Kier alpha value is -0.650. The molecule has 0 bridgehead atoms. The number of hydrogen-bond acceptors (Lipinski definition) is 4. The highest BCUT2D eigenvalue weighted by molar-refractivity contribution is 5.77. The first-order chi connectivity index (χ1) is 10.2. The minimum atomic E-state index is -0.284. The lowest BCUT2D eigenvalue weighted by atomic mass is 9.77. The molecule has 0 spiro atoms. The SMILES string of the molecule is CCCC1CCC(CN)(OCC(=O)NCCCOC)CC1. The Labute approximate surface area is 128 Å². The van der Waals surface area contributed by atoms with Crippen LogP contribution in [-0.2, 0) is 14.3 Å². The number of methoxy groups -OCH3 is 1. The van der Waals surface area contributed by atoms with E-state index in [1.165, 1.54) is 25.7 Å². The van der Waals surface area contributed by atoms with Crippen LogP contribution in [0, 0.1) is 5.92 Å². The average molecular weight is 300 g/mol. The van der Waals surface area contributed by atoms with E-state index in [2.05, 4.69) is 12.2 Å². The van der Waals surface area contributed by atoms with Gasteiger partial charge in [0.15, 0.2) is 0 Å². The lowest BCUT2D eigenvalue weighted by Crippen LogP contribution is -2.46. The molecule has 5 nitrogen and oxygen atoms in total. The summed E-state index contributed by atoms with van der Waals surface area (Å²) >= 11 is 0. The molecule has 1 aliphatic rings. The van der Waals surface area contributed by atoms with Crippen molar-refractivity contribution in [3.05, 3.63) is 0 Å². The summed E-state index contributed by atoms with van der Waals surface area (Å²) in [6.07, 6.45) is 7.64. The predicted octanol–water partition coefficient (Wildman–Crippen LogP) is 1.84. The molecule has 1 saturated carbocycles. The molecule has 124 valence electrons. The fraction of sp³-hybridized carbons (Fsp3) is 0.938. The molecule has 1 fully saturated rings. The zero-order valence-corrected chi connectivity index (χ0v) is 13.7. The molecule has 0 heterocycles. The van der Waals surface area contributed by atoms with E-state index in [1.54, 1.807) is 7.11 Å². The van der Waals surface area contributed by atoms with Crippen LogP contribution in [0.15, 0.2) is 0 Å². The van der Waals surface area contributed by atoms with Crippen LogP contribution < -0.4 is 11.1 Å². The van der Waals surface area contributed by atoms with Gasteiger partial charge < -0.3 is 20.5 Å². The van der Waals surface area contributed by atoms with E-state index >= 15 is 0 Å². The minimum absolute atomic E-state index is 0.0605. The van der Waals surface area contributed by atoms with E-state index in [-0.39, 0.29) is 18.1 Å². The van der Waals surface area contributed by atoms with Crippen molar-refractivity contribution < 1.29 is 14.3 Å². The third-order valence-electron chi connectivity index (χ3n) is 4.44. The average Bonchev–Trinajstić information content (AvgIpc) is 2.51. The number of ether oxygens (including phenoxy) is 2. The molecule has 1 aliphatic carbocycles. The Morgan fingerprint density at radius 3 is 2.67 bits per heavy atom. The summed E-state index contributed by atoms with van der Waals surface area (Å²) in [5.41, 5.74) is 5.63. The van der Waals surface area contributed by atoms with E-state index in [0.717, 1.165) is 25.2 Å². The van der Waals surface area contributed by atoms with Crippen LogP contribution >= 0.6 is 0 Å². The van der Waals surface area contributed by atoms with Gasteiger partial charge in [-0.05, 0) is 38.0 Å². The van der Waals surface area contributed by atoms with Crippen LogP contribution in [0.4, 0.5) is 0 Å². The minimum Gasteiger partial charge on any atom is -0.385 e. The van der Waals surface area contributed by atoms with Crippen LogP contribution in [-0.4, -0.2) is 44.9 Å². The van der Waals surface area contributed by atoms with Crippen LogP contribution in [0.3, 0.4) is 0 Å². The van der Waals surface area contributed by atoms with E-state index in [1.807, 2.05) is 0 Å². The summed E-state index contributed by atoms with van der Waals surface area (Å²) in [5, 5.41) is 2.84. The molecule has 0 aromatic rings. The van der Waals surface area contributed by atoms with Gasteiger partial charge in [-0.3, -0.25) is 4.79 Å². The van der Waals surface area contributed by atoms with Crippen molar-refractivity contribution in [2.75, 3.05) is 33.4 Å². The normalized spacial score (nSPS) is 25.8. The second-order valence-electron chi connectivity index (χ2n) is 6.10. The zero-order valence-electron chi connectivity index (χ0n) is 13.7. The molecule has 1 amide bonds. The first-order valence-corrected chi connectivity index (χ1v) is 8.25. The quantitative estimate of drug-likeness (QED) is 0.604. The standard InChI is InChI=1S/C16H32N2O3/c1-3-5-14-6-8-16(13-17,9-7-14)21-12-15(19)18-10-4-11-20-2/h14H,3-13,17H2,1-2H3,(H,18,19). The summed E-state index contributed by atoms with van der Waals surface area (Å²) in [6.45, 7) is 4.14. The Balaban J connectivity index is 2.26. The molecule has 0 atom stereocenters. The second kappa shape index (κ2) is 10.1. The van der Waals surface area contributed by atoms with E-state index < -0.39 is 0 Å². The lowest BCUT2D eigenvalue weighted by molar-refractivity contribution is -0.136. The first kappa shape index (κ1) is 18.4. The van der Waals surface area contributed by atoms with Gasteiger partial charge in [-0.15, -0.1) is 0 Å². The highest BCUT2D eigenvalue weighted by Gasteiger charge is 2.35. The summed E-state index contributed by atoms with van der Waals surface area (Å²) in [5.74, 6) is 0.746. The van der Waals surface area contributed by atoms with E-state index in [4.69, 9.17) is 15.2 Å². The van der Waals surface area contributed by atoms with Gasteiger partial charge in [0.25, 0.3) is 0 Å². The van der Waals surface area contributed by atoms with E-state index in [9.17, 15) is 4.79 Å². The molecule has 0 aromatic heterocycles. The van der Waals surface area contributed by atoms with Gasteiger partial charge in [-0.25, -0.2) is 0 Å². The maximum atomic E-state index is 11.8. The maximum absolute atomic E-state index is 11.8. The monoisotopic (exact) mass is 300 g/mol. The van der Waals surface area contributed by atoms with Crippen molar-refractivity contribution in [1.82, 2.24) is 5.32 Å². The van der Waals surface area contributed by atoms with Gasteiger partial charge in [-0.2, -0.15) is 0 Å². The first-order valence-electron chi connectivity index (χ1n) is 8.25. The smallest absolute Gasteiger partial charge is 0.246 e. The fourth-order valence-corrected chi connectivity index (χ4v) is 3.02. The molecule has 0 aliphatic heterocycles. The highest BCUT2D eigenvalue weighted by atomic mass is 16.5. The molecule has 0 unspecified atom stereocenters. The Bertz CT molecular complexity index is 289. The van der Waals surface area contributed by atoms with Crippen molar-refractivity contribution in [2.45, 2.75) is 57.5 Å². The number of nitrogens with two attached hydrogens (primary N) is 1. The summed E-state index contributed by atoms with van der Waals surface area (Å²) in [7, 11) is 1.66. The summed E-state index contributed by atoms with van der Waals surface area (Å²) in [4.78, 5) is 11.8. The summed E-state index contributed by atoms with van der Waals surface area (Å²) in [6, 6.07) is 0. The van der Waals surface area contributed by atoms with Crippen LogP contribution in [0.5, 0.6) is 0 Å². The molecule has 1 rings (SSSR count). The number of hydrogen-bond donors (Lipinski definition) is 2. The molecular formula is C16H32N2O3. The number of rotatable bonds is 10. The molecular weight excluding hydrogens is 268 g/mol. The second-order valence-corrected chi connectivity index (χ2v) is 6.10. The highest BCUT2D eigenvalue weighted by Crippen LogP contribution is 2.36. The molecule has 0 radical (unpaired) electrons. The van der Waals surface area contributed by atoms with Gasteiger partial charge in [0, 0.05) is 26.8 Å². The molecule has 0 saturated heterocycles. The van der Waals surface area contributed by atoms with Crippen LogP contribution in [0.1, 0.15) is 51.9 Å². The van der Waals surface area contributed by atoms with Gasteiger partial charge in [0.1, 0.15) is 6.61 Å². The topological polar surface area (TPSA) is 73.6 Å². The van der Waals surface area contributed by atoms with Crippen molar-refractivity contribution >= 4 is 5.91 Å². The van der Waals surface area contributed by atoms with Gasteiger partial charge in [0.05, 0.1) is 5.60 Å². The Morgan fingerprint density at radius 1 is 1.38 bits per heavy atom. The number of nitrogens with one attached hydrogen (secondary N) is 1. The number of carbonyl (C=O) groups excluding carboxylic acids is 1. The van der Waals surface area contributed by atoms with Crippen molar-refractivity contribution in [1.29, 1.82) is 0 Å². The Morgan fingerprint density at radius 2 is 2.10 bits per heavy atom. The van der Waals surface area contributed by atoms with Crippen molar-refractivity contribution in [3.8, 4) is 0 Å². The van der Waals surface area contributed by atoms with E-state index in [0.29, 0.717) is 19.7 Å². The predicted molar refractivity (Wildman–Crippen MR) is 84.1 cm³/mol. The van der Waals surface area contributed by atoms with Gasteiger partial charge in [0.2, 0.25) is 5.91 Å². The molecule has 5 heteroatoms. The van der Waals surface area contributed by atoms with Crippen LogP contribution in [0.2, 0.25) is 0 Å². The zero-order chi connectivity index (χ0) is 15.6. The van der Waals surface area contributed by atoms with Gasteiger partial charge in [-0.1, -0.05) is 19.8 Å². The fourth-order valence-electron chi connectivity index (χ4n) is 3.02. The molecule has 21 heavy (non-hydrogen) atoms. The van der Waals surface area contributed by atoms with Crippen molar-refractivity contribution in [3.63, 3.8) is 0 Å². The molecule has 3 N–H and O–H groups in total. The Kier molecular flexibility index (Phi) is 8.88. The maximum Gasteiger partial charge on any atom is 0.246 e.